The van der Waals surface area contributed by atoms with E-state index in [1.165, 1.54) is 5.56 Å². The lowest BCUT2D eigenvalue weighted by molar-refractivity contribution is 0.0628. The highest BCUT2D eigenvalue weighted by Gasteiger charge is 2.22. The van der Waals surface area contributed by atoms with Gasteiger partial charge in [0.25, 0.3) is 5.91 Å². The lowest BCUT2D eigenvalue weighted by Gasteiger charge is -2.35. The highest BCUT2D eigenvalue weighted by atomic mass is 16.5. The summed E-state index contributed by atoms with van der Waals surface area (Å²) >= 11 is 0. The fraction of sp³-hybridized carbons (Fsp3) is 0.381. The van der Waals surface area contributed by atoms with Gasteiger partial charge in [0.2, 0.25) is 0 Å². The number of ether oxygens (including phenoxy) is 3. The lowest BCUT2D eigenvalue weighted by Crippen LogP contribution is -2.48. The molecule has 2 aromatic rings. The van der Waals surface area contributed by atoms with Crippen molar-refractivity contribution in [3.8, 4) is 17.2 Å². The number of piperazine rings is 1. The maximum absolute atomic E-state index is 12.7. The summed E-state index contributed by atoms with van der Waals surface area (Å²) in [5.74, 6) is 2.23. The van der Waals surface area contributed by atoms with E-state index in [4.69, 9.17) is 14.2 Å². The zero-order valence-corrected chi connectivity index (χ0v) is 16.1. The van der Waals surface area contributed by atoms with Gasteiger partial charge in [-0.05, 0) is 35.9 Å². The van der Waals surface area contributed by atoms with Crippen molar-refractivity contribution in [3.05, 3.63) is 53.6 Å². The van der Waals surface area contributed by atoms with Crippen LogP contribution in [0.5, 0.6) is 17.2 Å². The van der Waals surface area contributed by atoms with Crippen molar-refractivity contribution in [2.75, 3.05) is 47.5 Å². The molecule has 1 saturated heterocycles. The Bertz CT molecular complexity index is 786. The smallest absolute Gasteiger partial charge is 0.254 e. The van der Waals surface area contributed by atoms with Crippen molar-refractivity contribution >= 4 is 5.91 Å². The molecule has 1 aliphatic rings. The molecule has 6 nitrogen and oxygen atoms in total. The van der Waals surface area contributed by atoms with Crippen LogP contribution in [0.15, 0.2) is 42.5 Å². The Hall–Kier alpha value is -2.73. The number of benzene rings is 2. The maximum Gasteiger partial charge on any atom is 0.254 e. The first kappa shape index (κ1) is 19.0. The van der Waals surface area contributed by atoms with Crippen molar-refractivity contribution in [2.24, 2.45) is 0 Å². The molecule has 6 heteroatoms. The number of methoxy groups -OCH3 is 3. The summed E-state index contributed by atoms with van der Waals surface area (Å²) < 4.78 is 15.9. The number of hydrogen-bond donors (Lipinski definition) is 0. The van der Waals surface area contributed by atoms with Crippen LogP contribution in [0, 0.1) is 0 Å². The van der Waals surface area contributed by atoms with E-state index in [1.54, 1.807) is 27.4 Å². The summed E-state index contributed by atoms with van der Waals surface area (Å²) in [5, 5.41) is 0. The summed E-state index contributed by atoms with van der Waals surface area (Å²) in [7, 11) is 4.89. The molecule has 1 heterocycles. The predicted molar refractivity (Wildman–Crippen MR) is 104 cm³/mol. The first-order valence-corrected chi connectivity index (χ1v) is 9.01. The van der Waals surface area contributed by atoms with Gasteiger partial charge in [0, 0.05) is 38.3 Å². The molecular weight excluding hydrogens is 344 g/mol. The highest BCUT2D eigenvalue weighted by molar-refractivity contribution is 5.94. The van der Waals surface area contributed by atoms with Gasteiger partial charge in [-0.1, -0.05) is 12.1 Å². The molecule has 0 unspecified atom stereocenters. The van der Waals surface area contributed by atoms with E-state index in [-0.39, 0.29) is 5.91 Å². The van der Waals surface area contributed by atoms with Crippen LogP contribution in [0.4, 0.5) is 0 Å². The van der Waals surface area contributed by atoms with Gasteiger partial charge in [-0.3, -0.25) is 9.69 Å². The van der Waals surface area contributed by atoms with Gasteiger partial charge in [0.15, 0.2) is 11.5 Å². The average Bonchev–Trinajstić information content (AvgIpc) is 2.73. The van der Waals surface area contributed by atoms with Crippen molar-refractivity contribution in [3.63, 3.8) is 0 Å². The van der Waals surface area contributed by atoms with E-state index in [0.717, 1.165) is 31.1 Å². The number of amides is 1. The number of carbonyl (C=O) groups is 1. The van der Waals surface area contributed by atoms with Crippen molar-refractivity contribution in [1.82, 2.24) is 9.80 Å². The Morgan fingerprint density at radius 3 is 2.30 bits per heavy atom. The van der Waals surface area contributed by atoms with Gasteiger partial charge in [0.05, 0.1) is 21.3 Å². The minimum atomic E-state index is 0.0552. The van der Waals surface area contributed by atoms with E-state index >= 15 is 0 Å². The van der Waals surface area contributed by atoms with Crippen LogP contribution >= 0.6 is 0 Å². The fourth-order valence-electron chi connectivity index (χ4n) is 3.28. The molecule has 144 valence electrons. The Labute approximate surface area is 160 Å². The van der Waals surface area contributed by atoms with E-state index in [2.05, 4.69) is 11.0 Å². The van der Waals surface area contributed by atoms with E-state index in [9.17, 15) is 4.79 Å². The van der Waals surface area contributed by atoms with Crippen LogP contribution in [-0.4, -0.2) is 63.2 Å². The predicted octanol–water partition coefficient (Wildman–Crippen LogP) is 2.67. The summed E-state index contributed by atoms with van der Waals surface area (Å²) in [5.41, 5.74) is 1.84. The zero-order valence-electron chi connectivity index (χ0n) is 16.1. The molecule has 0 saturated carbocycles. The molecule has 0 bridgehead atoms. The van der Waals surface area contributed by atoms with Gasteiger partial charge in [-0.2, -0.15) is 0 Å². The Balaban J connectivity index is 1.58. The summed E-state index contributed by atoms with van der Waals surface area (Å²) in [6.45, 7) is 3.92. The molecule has 0 N–H and O–H groups in total. The quantitative estimate of drug-likeness (QED) is 0.783. The topological polar surface area (TPSA) is 51.2 Å². The van der Waals surface area contributed by atoms with Crippen LogP contribution in [0.2, 0.25) is 0 Å². The molecular formula is C21H26N2O4. The maximum atomic E-state index is 12.7. The van der Waals surface area contributed by atoms with Crippen LogP contribution in [0.25, 0.3) is 0 Å². The first-order chi connectivity index (χ1) is 13.1. The van der Waals surface area contributed by atoms with E-state index < -0.39 is 0 Å². The largest absolute Gasteiger partial charge is 0.497 e. The van der Waals surface area contributed by atoms with E-state index in [1.807, 2.05) is 35.2 Å². The van der Waals surface area contributed by atoms with Crippen LogP contribution in [0.1, 0.15) is 15.9 Å². The Morgan fingerprint density at radius 2 is 1.63 bits per heavy atom. The number of hydrogen-bond acceptors (Lipinski definition) is 5. The van der Waals surface area contributed by atoms with Gasteiger partial charge >= 0.3 is 0 Å². The molecule has 0 aliphatic carbocycles. The lowest BCUT2D eigenvalue weighted by atomic mass is 10.1. The Kier molecular flexibility index (Phi) is 6.19. The SMILES string of the molecule is COc1cccc(C(=O)N2CCN(Cc3ccc(OC)c(OC)c3)CC2)c1. The minimum Gasteiger partial charge on any atom is -0.497 e. The van der Waals surface area contributed by atoms with Crippen molar-refractivity contribution < 1.29 is 19.0 Å². The van der Waals surface area contributed by atoms with Gasteiger partial charge < -0.3 is 19.1 Å². The highest BCUT2D eigenvalue weighted by Crippen LogP contribution is 2.28. The van der Waals surface area contributed by atoms with Gasteiger partial charge in [-0.25, -0.2) is 0 Å². The fourth-order valence-corrected chi connectivity index (χ4v) is 3.28. The molecule has 1 aliphatic heterocycles. The second-order valence-corrected chi connectivity index (χ2v) is 6.49. The van der Waals surface area contributed by atoms with Crippen molar-refractivity contribution in [2.45, 2.75) is 6.54 Å². The third kappa shape index (κ3) is 4.52. The van der Waals surface area contributed by atoms with Crippen LogP contribution in [0.3, 0.4) is 0 Å². The van der Waals surface area contributed by atoms with Crippen LogP contribution in [-0.2, 0) is 6.54 Å². The molecule has 0 spiro atoms. The molecule has 27 heavy (non-hydrogen) atoms. The van der Waals surface area contributed by atoms with Gasteiger partial charge in [-0.15, -0.1) is 0 Å². The monoisotopic (exact) mass is 370 g/mol. The molecule has 0 aromatic heterocycles. The molecule has 0 radical (unpaired) electrons. The molecule has 3 rings (SSSR count). The second-order valence-electron chi connectivity index (χ2n) is 6.49. The summed E-state index contributed by atoms with van der Waals surface area (Å²) in [4.78, 5) is 17.0. The second kappa shape index (κ2) is 8.77. The zero-order chi connectivity index (χ0) is 19.2. The summed E-state index contributed by atoms with van der Waals surface area (Å²) in [6, 6.07) is 13.3. The van der Waals surface area contributed by atoms with E-state index in [0.29, 0.717) is 24.4 Å². The first-order valence-electron chi connectivity index (χ1n) is 9.01. The van der Waals surface area contributed by atoms with Crippen molar-refractivity contribution in [1.29, 1.82) is 0 Å². The molecule has 0 atom stereocenters. The van der Waals surface area contributed by atoms with Crippen LogP contribution < -0.4 is 14.2 Å². The normalized spacial score (nSPS) is 14.7. The standard InChI is InChI=1S/C21H26N2O4/c1-25-18-6-4-5-17(14-18)21(24)23-11-9-22(10-12-23)15-16-7-8-19(26-2)20(13-16)27-3/h4-8,13-14H,9-12,15H2,1-3H3. The van der Waals surface area contributed by atoms with Gasteiger partial charge in [0.1, 0.15) is 5.75 Å². The number of nitrogens with zero attached hydrogens (tertiary/aromatic N) is 2. The third-order valence-electron chi connectivity index (χ3n) is 4.83. The number of rotatable bonds is 6. The minimum absolute atomic E-state index is 0.0552. The third-order valence-corrected chi connectivity index (χ3v) is 4.83. The Morgan fingerprint density at radius 1 is 0.889 bits per heavy atom. The molecule has 1 fully saturated rings. The molecule has 1 amide bonds. The molecule has 2 aromatic carbocycles. The average molecular weight is 370 g/mol. The number of carbonyl (C=O) groups excluding carboxylic acids is 1. The summed E-state index contributed by atoms with van der Waals surface area (Å²) in [6.07, 6.45) is 0.